The smallest absolute Gasteiger partial charge is 0.224 e. The summed E-state index contributed by atoms with van der Waals surface area (Å²) in [5.74, 6) is 1.06. The highest BCUT2D eigenvalue weighted by Crippen LogP contribution is 2.26. The maximum Gasteiger partial charge on any atom is 0.224 e. The first-order chi connectivity index (χ1) is 13.7. The summed E-state index contributed by atoms with van der Waals surface area (Å²) in [6.45, 7) is 2.83. The highest BCUT2D eigenvalue weighted by atomic mass is 16.5. The molecule has 3 aromatic rings. The van der Waals surface area contributed by atoms with Gasteiger partial charge in [0.15, 0.2) is 0 Å². The molecule has 3 heteroatoms. The molecule has 0 radical (unpaired) electrons. The third-order valence-electron chi connectivity index (χ3n) is 5.13. The van der Waals surface area contributed by atoms with Crippen LogP contribution in [-0.4, -0.2) is 18.6 Å². The first-order valence-corrected chi connectivity index (χ1v) is 9.86. The molecule has 3 aromatic carbocycles. The summed E-state index contributed by atoms with van der Waals surface area (Å²) >= 11 is 0. The van der Waals surface area contributed by atoms with Gasteiger partial charge in [0.25, 0.3) is 0 Å². The van der Waals surface area contributed by atoms with Crippen LogP contribution in [0.2, 0.25) is 0 Å². The van der Waals surface area contributed by atoms with E-state index >= 15 is 0 Å². The van der Waals surface area contributed by atoms with Crippen LogP contribution >= 0.6 is 0 Å². The van der Waals surface area contributed by atoms with Gasteiger partial charge in [-0.15, -0.1) is 0 Å². The third-order valence-corrected chi connectivity index (χ3v) is 5.13. The minimum Gasteiger partial charge on any atom is -0.493 e. The number of carbonyl (C=O) groups is 1. The van der Waals surface area contributed by atoms with E-state index in [-0.39, 0.29) is 11.9 Å². The Morgan fingerprint density at radius 2 is 1.68 bits per heavy atom. The van der Waals surface area contributed by atoms with E-state index in [4.69, 9.17) is 4.74 Å². The summed E-state index contributed by atoms with van der Waals surface area (Å²) in [7, 11) is 0. The number of hydrogen-bond donors (Lipinski definition) is 1. The number of benzene rings is 3. The molecule has 0 saturated heterocycles. The van der Waals surface area contributed by atoms with Gasteiger partial charge in [0.1, 0.15) is 5.75 Å². The predicted octanol–water partition coefficient (Wildman–Crippen LogP) is 4.58. The van der Waals surface area contributed by atoms with Crippen molar-refractivity contribution in [1.29, 1.82) is 0 Å². The second kappa shape index (κ2) is 8.30. The Morgan fingerprint density at radius 3 is 2.46 bits per heavy atom. The van der Waals surface area contributed by atoms with E-state index in [1.807, 2.05) is 36.4 Å². The molecule has 0 bridgehead atoms. The van der Waals surface area contributed by atoms with Crippen LogP contribution in [0.3, 0.4) is 0 Å². The molecule has 4 rings (SSSR count). The number of rotatable bonds is 6. The summed E-state index contributed by atoms with van der Waals surface area (Å²) in [6, 6.07) is 24.9. The lowest BCUT2D eigenvalue weighted by molar-refractivity contribution is -0.121. The van der Waals surface area contributed by atoms with E-state index in [1.165, 1.54) is 22.3 Å². The zero-order chi connectivity index (χ0) is 19.3. The van der Waals surface area contributed by atoms with Crippen molar-refractivity contribution in [1.82, 2.24) is 5.32 Å². The molecule has 0 spiro atoms. The fraction of sp³-hybridized carbons (Fsp3) is 0.240. The first-order valence-electron chi connectivity index (χ1n) is 9.86. The largest absolute Gasteiger partial charge is 0.493 e. The van der Waals surface area contributed by atoms with E-state index < -0.39 is 0 Å². The van der Waals surface area contributed by atoms with Crippen LogP contribution in [0.5, 0.6) is 5.75 Å². The molecule has 1 unspecified atom stereocenters. The molecule has 28 heavy (non-hydrogen) atoms. The summed E-state index contributed by atoms with van der Waals surface area (Å²) in [6.07, 6.45) is 2.20. The maximum absolute atomic E-state index is 12.4. The molecule has 1 heterocycles. The summed E-state index contributed by atoms with van der Waals surface area (Å²) < 4.78 is 5.56. The van der Waals surface area contributed by atoms with Crippen molar-refractivity contribution in [2.45, 2.75) is 32.2 Å². The molecule has 1 N–H and O–H groups in total. The molecule has 1 aliphatic rings. The first kappa shape index (κ1) is 18.3. The van der Waals surface area contributed by atoms with E-state index in [9.17, 15) is 4.79 Å². The monoisotopic (exact) mass is 371 g/mol. The van der Waals surface area contributed by atoms with Gasteiger partial charge in [-0.3, -0.25) is 4.79 Å². The molecule has 0 fully saturated rings. The van der Waals surface area contributed by atoms with Gasteiger partial charge in [-0.1, -0.05) is 66.7 Å². The van der Waals surface area contributed by atoms with Gasteiger partial charge in [-0.2, -0.15) is 0 Å². The number of amides is 1. The maximum atomic E-state index is 12.4. The summed E-state index contributed by atoms with van der Waals surface area (Å²) in [4.78, 5) is 12.4. The zero-order valence-corrected chi connectivity index (χ0v) is 16.2. The van der Waals surface area contributed by atoms with Crippen molar-refractivity contribution in [3.05, 3.63) is 89.5 Å². The van der Waals surface area contributed by atoms with Crippen molar-refractivity contribution in [2.75, 3.05) is 6.61 Å². The highest BCUT2D eigenvalue weighted by molar-refractivity contribution is 5.79. The standard InChI is InChI=1S/C25H25NO2/c1-18(15-20-9-12-24-23(16-20)13-14-28-24)26-25(27)17-19-7-10-22(11-8-19)21-5-3-2-4-6-21/h2-12,16,18H,13-15,17H2,1H3,(H,26,27). The Bertz CT molecular complexity index is 948. The quantitative estimate of drug-likeness (QED) is 0.689. The van der Waals surface area contributed by atoms with Crippen LogP contribution in [0.4, 0.5) is 0 Å². The van der Waals surface area contributed by atoms with Crippen molar-refractivity contribution in [3.63, 3.8) is 0 Å². The highest BCUT2D eigenvalue weighted by Gasteiger charge is 2.14. The Hall–Kier alpha value is -3.07. The normalized spacial score (nSPS) is 13.5. The van der Waals surface area contributed by atoms with Crippen molar-refractivity contribution >= 4 is 5.91 Å². The van der Waals surface area contributed by atoms with Crippen LogP contribution in [0, 0.1) is 0 Å². The third kappa shape index (κ3) is 4.42. The molecule has 1 amide bonds. The topological polar surface area (TPSA) is 38.3 Å². The molecule has 0 saturated carbocycles. The van der Waals surface area contributed by atoms with Crippen LogP contribution in [0.1, 0.15) is 23.6 Å². The SMILES string of the molecule is CC(Cc1ccc2c(c1)CCO2)NC(=O)Cc1ccc(-c2ccccc2)cc1. The molecule has 0 aromatic heterocycles. The van der Waals surface area contributed by atoms with E-state index in [2.05, 4.69) is 48.6 Å². The number of ether oxygens (including phenoxy) is 1. The van der Waals surface area contributed by atoms with Crippen molar-refractivity contribution in [2.24, 2.45) is 0 Å². The van der Waals surface area contributed by atoms with Crippen LogP contribution in [-0.2, 0) is 24.1 Å². The molecule has 0 aliphatic carbocycles. The Kier molecular flexibility index (Phi) is 5.43. The molecular formula is C25H25NO2. The van der Waals surface area contributed by atoms with Gasteiger partial charge in [0, 0.05) is 12.5 Å². The average molecular weight is 371 g/mol. The minimum absolute atomic E-state index is 0.0597. The van der Waals surface area contributed by atoms with Crippen LogP contribution in [0.25, 0.3) is 11.1 Å². The molecule has 1 atom stereocenters. The van der Waals surface area contributed by atoms with Gasteiger partial charge in [0.05, 0.1) is 13.0 Å². The lowest BCUT2D eigenvalue weighted by atomic mass is 10.0. The van der Waals surface area contributed by atoms with Crippen molar-refractivity contribution in [3.8, 4) is 16.9 Å². The average Bonchev–Trinajstić information content (AvgIpc) is 3.17. The van der Waals surface area contributed by atoms with E-state index in [0.717, 1.165) is 30.8 Å². The Morgan fingerprint density at radius 1 is 0.964 bits per heavy atom. The molecular weight excluding hydrogens is 346 g/mol. The number of carbonyl (C=O) groups excluding carboxylic acids is 1. The molecule has 142 valence electrons. The fourth-order valence-corrected chi connectivity index (χ4v) is 3.73. The second-order valence-corrected chi connectivity index (χ2v) is 7.45. The molecule has 3 nitrogen and oxygen atoms in total. The van der Waals surface area contributed by atoms with Crippen LogP contribution < -0.4 is 10.1 Å². The Balaban J connectivity index is 1.31. The van der Waals surface area contributed by atoms with Gasteiger partial charge >= 0.3 is 0 Å². The fourth-order valence-electron chi connectivity index (χ4n) is 3.73. The van der Waals surface area contributed by atoms with E-state index in [0.29, 0.717) is 6.42 Å². The Labute approximate surface area is 166 Å². The summed E-state index contributed by atoms with van der Waals surface area (Å²) in [5, 5.41) is 3.12. The molecule has 1 aliphatic heterocycles. The zero-order valence-electron chi connectivity index (χ0n) is 16.2. The van der Waals surface area contributed by atoms with Crippen molar-refractivity contribution < 1.29 is 9.53 Å². The van der Waals surface area contributed by atoms with Gasteiger partial charge in [0.2, 0.25) is 5.91 Å². The van der Waals surface area contributed by atoms with Crippen LogP contribution in [0.15, 0.2) is 72.8 Å². The second-order valence-electron chi connectivity index (χ2n) is 7.45. The predicted molar refractivity (Wildman–Crippen MR) is 113 cm³/mol. The number of hydrogen-bond acceptors (Lipinski definition) is 2. The van der Waals surface area contributed by atoms with Gasteiger partial charge in [-0.05, 0) is 47.2 Å². The summed E-state index contributed by atoms with van der Waals surface area (Å²) in [5.41, 5.74) is 5.89. The van der Waals surface area contributed by atoms with Gasteiger partial charge < -0.3 is 10.1 Å². The minimum atomic E-state index is 0.0597. The van der Waals surface area contributed by atoms with Gasteiger partial charge in [-0.25, -0.2) is 0 Å². The number of nitrogens with one attached hydrogen (secondary N) is 1. The lowest BCUT2D eigenvalue weighted by Crippen LogP contribution is -2.35. The lowest BCUT2D eigenvalue weighted by Gasteiger charge is -2.15. The van der Waals surface area contributed by atoms with E-state index in [1.54, 1.807) is 0 Å². The number of fused-ring (bicyclic) bond motifs is 1.